The van der Waals surface area contributed by atoms with Crippen LogP contribution in [0.3, 0.4) is 0 Å². The lowest BCUT2D eigenvalue weighted by atomic mass is 10.2. The number of nitrogens with one attached hydrogen (secondary N) is 2. The summed E-state index contributed by atoms with van der Waals surface area (Å²) in [5, 5.41) is 2.79. The zero-order chi connectivity index (χ0) is 22.4. The maximum absolute atomic E-state index is 12.7. The summed E-state index contributed by atoms with van der Waals surface area (Å²) < 4.78 is 37.6. The number of carbonyl (C=O) groups excluding carboxylic acids is 1. The van der Waals surface area contributed by atoms with Crippen molar-refractivity contribution in [1.29, 1.82) is 0 Å². The number of morpholine rings is 1. The first kappa shape index (κ1) is 22.0. The molecule has 2 N–H and O–H groups in total. The molecule has 1 saturated heterocycles. The number of benzene rings is 1. The van der Waals surface area contributed by atoms with Gasteiger partial charge >= 0.3 is 0 Å². The number of ether oxygens (including phenoxy) is 2. The van der Waals surface area contributed by atoms with Crippen LogP contribution in [-0.2, 0) is 27.9 Å². The molecule has 1 aliphatic rings. The molecule has 1 aliphatic heterocycles. The van der Waals surface area contributed by atoms with Crippen molar-refractivity contribution in [1.82, 2.24) is 19.6 Å². The second-order valence-electron chi connectivity index (χ2n) is 7.20. The number of aromatic amines is 1. The second-order valence-corrected chi connectivity index (χ2v) is 9.14. The van der Waals surface area contributed by atoms with Crippen LogP contribution in [0.5, 0.6) is 5.75 Å². The third-order valence-electron chi connectivity index (χ3n) is 5.00. The minimum absolute atomic E-state index is 0.0685. The van der Waals surface area contributed by atoms with E-state index in [0.29, 0.717) is 45.2 Å². The van der Waals surface area contributed by atoms with Gasteiger partial charge in [0, 0.05) is 32.0 Å². The molecule has 0 aliphatic carbocycles. The van der Waals surface area contributed by atoms with Crippen molar-refractivity contribution < 1.29 is 22.7 Å². The summed E-state index contributed by atoms with van der Waals surface area (Å²) in [6.07, 6.45) is 3.06. The number of carbonyl (C=O) groups is 1. The highest BCUT2D eigenvalue weighted by atomic mass is 32.2. The largest absolute Gasteiger partial charge is 0.487 e. The minimum atomic E-state index is -3.65. The predicted octanol–water partition coefficient (Wildman–Crippen LogP) is 1.94. The summed E-state index contributed by atoms with van der Waals surface area (Å²) in [5.41, 5.74) is 1.91. The Hall–Kier alpha value is -3.21. The van der Waals surface area contributed by atoms with Gasteiger partial charge in [-0.15, -0.1) is 0 Å². The van der Waals surface area contributed by atoms with Gasteiger partial charge in [0.05, 0.1) is 18.9 Å². The lowest BCUT2D eigenvalue weighted by Crippen LogP contribution is -2.40. The molecule has 0 atom stereocenters. The van der Waals surface area contributed by atoms with E-state index < -0.39 is 10.0 Å². The van der Waals surface area contributed by atoms with Crippen LogP contribution in [-0.4, -0.2) is 54.9 Å². The fourth-order valence-electron chi connectivity index (χ4n) is 3.21. The number of sulfonamides is 1. The van der Waals surface area contributed by atoms with E-state index in [1.54, 1.807) is 6.20 Å². The van der Waals surface area contributed by atoms with E-state index in [9.17, 15) is 13.2 Å². The van der Waals surface area contributed by atoms with Crippen LogP contribution in [0.15, 0.2) is 65.8 Å². The molecule has 4 rings (SSSR count). The van der Waals surface area contributed by atoms with E-state index in [0.717, 1.165) is 11.3 Å². The Labute approximate surface area is 186 Å². The van der Waals surface area contributed by atoms with E-state index in [1.165, 1.54) is 16.6 Å². The smallest absolute Gasteiger partial charge is 0.268 e. The van der Waals surface area contributed by atoms with Crippen molar-refractivity contribution in [2.45, 2.75) is 18.0 Å². The molecule has 10 heteroatoms. The Morgan fingerprint density at radius 3 is 2.66 bits per heavy atom. The fourth-order valence-corrected chi connectivity index (χ4v) is 4.61. The summed E-state index contributed by atoms with van der Waals surface area (Å²) in [5.74, 6) is 0.317. The molecule has 0 bridgehead atoms. The van der Waals surface area contributed by atoms with Gasteiger partial charge < -0.3 is 19.8 Å². The molecule has 9 nitrogen and oxygen atoms in total. The number of amides is 1. The van der Waals surface area contributed by atoms with Crippen LogP contribution in [0.4, 0.5) is 0 Å². The highest BCUT2D eigenvalue weighted by Gasteiger charge is 2.27. The number of pyridine rings is 1. The first-order valence-corrected chi connectivity index (χ1v) is 11.6. The first-order valence-electron chi connectivity index (χ1n) is 10.2. The third-order valence-corrected chi connectivity index (χ3v) is 6.87. The molecule has 1 fully saturated rings. The SMILES string of the molecule is O=C(NCc1ccc(OCc2ccccn2)cc1)c1cc(S(=O)(=O)N2CCOCC2)c[nH]1. The van der Waals surface area contributed by atoms with Crippen LogP contribution in [0.2, 0.25) is 0 Å². The van der Waals surface area contributed by atoms with Gasteiger partial charge in [0.25, 0.3) is 5.91 Å². The third kappa shape index (κ3) is 5.34. The molecule has 1 amide bonds. The summed E-state index contributed by atoms with van der Waals surface area (Å²) in [6, 6.07) is 14.4. The van der Waals surface area contributed by atoms with Gasteiger partial charge in [0.1, 0.15) is 22.9 Å². The van der Waals surface area contributed by atoms with E-state index >= 15 is 0 Å². The van der Waals surface area contributed by atoms with Gasteiger partial charge in [0.15, 0.2) is 0 Å². The van der Waals surface area contributed by atoms with Crippen molar-refractivity contribution in [3.05, 3.63) is 77.9 Å². The highest BCUT2D eigenvalue weighted by Crippen LogP contribution is 2.18. The molecule has 0 saturated carbocycles. The maximum Gasteiger partial charge on any atom is 0.268 e. The second kappa shape index (κ2) is 9.94. The quantitative estimate of drug-likeness (QED) is 0.536. The predicted molar refractivity (Wildman–Crippen MR) is 117 cm³/mol. The van der Waals surface area contributed by atoms with Crippen molar-refractivity contribution in [2.75, 3.05) is 26.3 Å². The van der Waals surface area contributed by atoms with Gasteiger partial charge in [-0.05, 0) is 35.9 Å². The van der Waals surface area contributed by atoms with Crippen LogP contribution >= 0.6 is 0 Å². The van der Waals surface area contributed by atoms with E-state index in [2.05, 4.69) is 15.3 Å². The zero-order valence-corrected chi connectivity index (χ0v) is 18.2. The Kier molecular flexibility index (Phi) is 6.84. The monoisotopic (exact) mass is 456 g/mol. The molecule has 0 unspecified atom stereocenters. The van der Waals surface area contributed by atoms with E-state index in [1.807, 2.05) is 42.5 Å². The van der Waals surface area contributed by atoms with Gasteiger partial charge in [-0.2, -0.15) is 4.31 Å². The highest BCUT2D eigenvalue weighted by molar-refractivity contribution is 7.89. The maximum atomic E-state index is 12.7. The molecule has 2 aromatic heterocycles. The number of hydrogen-bond donors (Lipinski definition) is 2. The number of H-pyrrole nitrogens is 1. The van der Waals surface area contributed by atoms with Gasteiger partial charge in [-0.3, -0.25) is 9.78 Å². The average Bonchev–Trinajstić information content (AvgIpc) is 3.35. The molecule has 3 aromatic rings. The number of nitrogens with zero attached hydrogens (tertiary/aromatic N) is 2. The first-order chi connectivity index (χ1) is 15.5. The summed E-state index contributed by atoms with van der Waals surface area (Å²) in [7, 11) is -3.65. The van der Waals surface area contributed by atoms with Crippen molar-refractivity contribution >= 4 is 15.9 Å². The summed E-state index contributed by atoms with van der Waals surface area (Å²) >= 11 is 0. The number of aromatic nitrogens is 2. The molecule has 168 valence electrons. The molecule has 3 heterocycles. The van der Waals surface area contributed by atoms with E-state index in [-0.39, 0.29) is 16.5 Å². The fraction of sp³-hybridized carbons (Fsp3) is 0.273. The van der Waals surface area contributed by atoms with Crippen molar-refractivity contribution in [3.8, 4) is 5.75 Å². The van der Waals surface area contributed by atoms with Gasteiger partial charge in [0.2, 0.25) is 10.0 Å². The Morgan fingerprint density at radius 2 is 1.94 bits per heavy atom. The van der Waals surface area contributed by atoms with Crippen molar-refractivity contribution in [3.63, 3.8) is 0 Å². The summed E-state index contributed by atoms with van der Waals surface area (Å²) in [6.45, 7) is 2.00. The molecule has 1 aromatic carbocycles. The Balaban J connectivity index is 1.30. The van der Waals surface area contributed by atoms with Crippen LogP contribution in [0.25, 0.3) is 0 Å². The normalized spacial score (nSPS) is 14.8. The van der Waals surface area contributed by atoms with Gasteiger partial charge in [-0.25, -0.2) is 8.42 Å². The Bertz CT molecular complexity index is 1140. The number of hydrogen-bond acceptors (Lipinski definition) is 6. The van der Waals surface area contributed by atoms with Crippen LogP contribution in [0, 0.1) is 0 Å². The average molecular weight is 457 g/mol. The molecular weight excluding hydrogens is 432 g/mol. The molecular formula is C22H24N4O5S. The van der Waals surface area contributed by atoms with Gasteiger partial charge in [-0.1, -0.05) is 18.2 Å². The number of rotatable bonds is 8. The molecule has 32 heavy (non-hydrogen) atoms. The zero-order valence-electron chi connectivity index (χ0n) is 17.4. The minimum Gasteiger partial charge on any atom is -0.487 e. The molecule has 0 radical (unpaired) electrons. The lowest BCUT2D eigenvalue weighted by molar-refractivity contribution is 0.0730. The topological polar surface area (TPSA) is 114 Å². The van der Waals surface area contributed by atoms with E-state index in [4.69, 9.17) is 9.47 Å². The van der Waals surface area contributed by atoms with Crippen molar-refractivity contribution in [2.24, 2.45) is 0 Å². The molecule has 0 spiro atoms. The van der Waals surface area contributed by atoms with Crippen LogP contribution in [0.1, 0.15) is 21.7 Å². The lowest BCUT2D eigenvalue weighted by Gasteiger charge is -2.25. The standard InChI is InChI=1S/C22H24N4O5S/c27-22(21-13-20(15-24-21)32(28,29)26-9-11-30-12-10-26)25-14-17-4-6-19(7-5-17)31-16-18-3-1-2-8-23-18/h1-8,13,15,24H,9-12,14,16H2,(H,25,27). The summed E-state index contributed by atoms with van der Waals surface area (Å²) in [4.78, 5) is 19.5. The Morgan fingerprint density at radius 1 is 1.16 bits per heavy atom. The van der Waals surface area contributed by atoms with Crippen LogP contribution < -0.4 is 10.1 Å².